The summed E-state index contributed by atoms with van der Waals surface area (Å²) >= 11 is 3.56. The molecule has 0 amide bonds. The van der Waals surface area contributed by atoms with Crippen LogP contribution in [0.15, 0.2) is 46.9 Å². The van der Waals surface area contributed by atoms with Crippen LogP contribution in [0.1, 0.15) is 17.5 Å². The monoisotopic (exact) mass is 406 g/mol. The molecule has 0 radical (unpaired) electrons. The molecule has 0 saturated carbocycles. The third-order valence-electron chi connectivity index (χ3n) is 3.82. The van der Waals surface area contributed by atoms with Gasteiger partial charge in [0, 0.05) is 16.6 Å². The molecule has 0 aliphatic heterocycles. The molecule has 0 aromatic heterocycles. The summed E-state index contributed by atoms with van der Waals surface area (Å²) in [6, 6.07) is 14.2. The second-order valence-electron chi connectivity index (χ2n) is 6.20. The summed E-state index contributed by atoms with van der Waals surface area (Å²) in [5, 5.41) is 3.49. The minimum absolute atomic E-state index is 0.520. The number of rotatable bonds is 10. The zero-order valence-electron chi connectivity index (χ0n) is 15.2. The van der Waals surface area contributed by atoms with E-state index in [-0.39, 0.29) is 0 Å². The van der Waals surface area contributed by atoms with Crippen molar-refractivity contribution in [3.8, 4) is 11.5 Å². The zero-order chi connectivity index (χ0) is 18.1. The average molecular weight is 407 g/mol. The van der Waals surface area contributed by atoms with Crippen molar-refractivity contribution in [2.45, 2.75) is 19.6 Å². The first-order valence-electron chi connectivity index (χ1n) is 8.48. The van der Waals surface area contributed by atoms with Gasteiger partial charge in [0.15, 0.2) is 11.5 Å². The van der Waals surface area contributed by atoms with Crippen LogP contribution in [0.3, 0.4) is 0 Å². The lowest BCUT2D eigenvalue weighted by Crippen LogP contribution is -2.21. The number of halogens is 1. The van der Waals surface area contributed by atoms with E-state index in [2.05, 4.69) is 58.4 Å². The summed E-state index contributed by atoms with van der Waals surface area (Å²) in [7, 11) is 5.86. The van der Waals surface area contributed by atoms with E-state index in [0.717, 1.165) is 53.2 Å². The standard InChI is InChI=1S/C20H27BrN2O2/c1-23(2)11-7-10-22-14-17-12-18(21)13-19(24-3)20(17)25-15-16-8-5-4-6-9-16/h4-6,8-9,12-13,22H,7,10-11,14-15H2,1-3H3. The third-order valence-corrected chi connectivity index (χ3v) is 4.27. The van der Waals surface area contributed by atoms with Crippen molar-refractivity contribution in [3.63, 3.8) is 0 Å². The Kier molecular flexibility index (Phi) is 8.25. The smallest absolute Gasteiger partial charge is 0.166 e. The Morgan fingerprint density at radius 1 is 1.12 bits per heavy atom. The Morgan fingerprint density at radius 3 is 2.56 bits per heavy atom. The molecule has 0 fully saturated rings. The van der Waals surface area contributed by atoms with E-state index in [4.69, 9.17) is 9.47 Å². The molecule has 2 aromatic rings. The summed E-state index contributed by atoms with van der Waals surface area (Å²) in [6.45, 7) is 3.30. The summed E-state index contributed by atoms with van der Waals surface area (Å²) in [5.74, 6) is 1.55. The molecule has 0 saturated heterocycles. The van der Waals surface area contributed by atoms with E-state index in [9.17, 15) is 0 Å². The molecule has 5 heteroatoms. The third kappa shape index (κ3) is 6.69. The summed E-state index contributed by atoms with van der Waals surface area (Å²) < 4.78 is 12.6. The van der Waals surface area contributed by atoms with Crippen molar-refractivity contribution in [2.75, 3.05) is 34.3 Å². The topological polar surface area (TPSA) is 33.7 Å². The number of ether oxygens (including phenoxy) is 2. The molecule has 136 valence electrons. The maximum atomic E-state index is 6.10. The predicted octanol–water partition coefficient (Wildman–Crippen LogP) is 4.08. The van der Waals surface area contributed by atoms with Gasteiger partial charge in [0.25, 0.3) is 0 Å². The number of nitrogens with one attached hydrogen (secondary N) is 1. The van der Waals surface area contributed by atoms with Gasteiger partial charge < -0.3 is 19.7 Å². The predicted molar refractivity (Wildman–Crippen MR) is 106 cm³/mol. The van der Waals surface area contributed by atoms with Crippen LogP contribution in [-0.4, -0.2) is 39.2 Å². The Bertz CT molecular complexity index is 648. The Morgan fingerprint density at radius 2 is 1.88 bits per heavy atom. The molecule has 0 atom stereocenters. The first-order valence-corrected chi connectivity index (χ1v) is 9.28. The maximum absolute atomic E-state index is 6.10. The zero-order valence-corrected chi connectivity index (χ0v) is 16.8. The van der Waals surface area contributed by atoms with Gasteiger partial charge in [-0.3, -0.25) is 0 Å². The van der Waals surface area contributed by atoms with Gasteiger partial charge in [0.2, 0.25) is 0 Å². The van der Waals surface area contributed by atoms with Crippen molar-refractivity contribution < 1.29 is 9.47 Å². The molecule has 1 N–H and O–H groups in total. The lowest BCUT2D eigenvalue weighted by atomic mass is 10.1. The first-order chi connectivity index (χ1) is 12.1. The quantitative estimate of drug-likeness (QED) is 0.602. The molecule has 0 heterocycles. The highest BCUT2D eigenvalue weighted by molar-refractivity contribution is 9.10. The fourth-order valence-corrected chi connectivity index (χ4v) is 3.03. The van der Waals surface area contributed by atoms with Crippen LogP contribution in [0.2, 0.25) is 0 Å². The summed E-state index contributed by atoms with van der Waals surface area (Å²) in [5.41, 5.74) is 2.23. The molecule has 2 rings (SSSR count). The number of benzene rings is 2. The average Bonchev–Trinajstić information content (AvgIpc) is 2.60. The summed E-state index contributed by atoms with van der Waals surface area (Å²) in [6.07, 6.45) is 1.11. The van der Waals surface area contributed by atoms with Gasteiger partial charge in [-0.1, -0.05) is 46.3 Å². The largest absolute Gasteiger partial charge is 0.493 e. The van der Waals surface area contributed by atoms with Gasteiger partial charge in [-0.2, -0.15) is 0 Å². The van der Waals surface area contributed by atoms with Crippen LogP contribution in [0.5, 0.6) is 11.5 Å². The van der Waals surface area contributed by atoms with Crippen molar-refractivity contribution in [2.24, 2.45) is 0 Å². The van der Waals surface area contributed by atoms with Crippen molar-refractivity contribution in [1.29, 1.82) is 0 Å². The van der Waals surface area contributed by atoms with Crippen LogP contribution >= 0.6 is 15.9 Å². The second kappa shape index (κ2) is 10.4. The van der Waals surface area contributed by atoms with E-state index in [0.29, 0.717) is 6.61 Å². The van der Waals surface area contributed by atoms with E-state index in [1.165, 1.54) is 0 Å². The number of hydrogen-bond acceptors (Lipinski definition) is 4. The van der Waals surface area contributed by atoms with Gasteiger partial charge in [0.05, 0.1) is 7.11 Å². The highest BCUT2D eigenvalue weighted by Crippen LogP contribution is 2.35. The molecule has 4 nitrogen and oxygen atoms in total. The van der Waals surface area contributed by atoms with E-state index in [1.54, 1.807) is 7.11 Å². The molecular weight excluding hydrogens is 380 g/mol. The van der Waals surface area contributed by atoms with Crippen molar-refractivity contribution >= 4 is 15.9 Å². The van der Waals surface area contributed by atoms with E-state index in [1.807, 2.05) is 24.3 Å². The molecule has 0 aliphatic rings. The normalized spacial score (nSPS) is 10.9. The van der Waals surface area contributed by atoms with Crippen LogP contribution in [0.25, 0.3) is 0 Å². The minimum Gasteiger partial charge on any atom is -0.493 e. The fourth-order valence-electron chi connectivity index (χ4n) is 2.54. The molecule has 0 aliphatic carbocycles. The SMILES string of the molecule is COc1cc(Br)cc(CNCCCN(C)C)c1OCc1ccccc1. The van der Waals surface area contributed by atoms with Gasteiger partial charge in [-0.15, -0.1) is 0 Å². The second-order valence-corrected chi connectivity index (χ2v) is 7.12. The van der Waals surface area contributed by atoms with Crippen LogP contribution in [0.4, 0.5) is 0 Å². The Hall–Kier alpha value is -1.56. The highest BCUT2D eigenvalue weighted by Gasteiger charge is 2.13. The number of nitrogens with zero attached hydrogens (tertiary/aromatic N) is 1. The molecule has 0 unspecified atom stereocenters. The molecule has 0 spiro atoms. The lowest BCUT2D eigenvalue weighted by molar-refractivity contribution is 0.280. The Balaban J connectivity index is 2.04. The Labute approximate surface area is 159 Å². The molecule has 0 bridgehead atoms. The van der Waals surface area contributed by atoms with Gasteiger partial charge in [-0.05, 0) is 51.3 Å². The molecule has 25 heavy (non-hydrogen) atoms. The van der Waals surface area contributed by atoms with Crippen LogP contribution in [0, 0.1) is 0 Å². The lowest BCUT2D eigenvalue weighted by Gasteiger charge is -2.17. The van der Waals surface area contributed by atoms with Gasteiger partial charge in [-0.25, -0.2) is 0 Å². The maximum Gasteiger partial charge on any atom is 0.166 e. The van der Waals surface area contributed by atoms with Gasteiger partial charge in [0.1, 0.15) is 6.61 Å². The molecular formula is C20H27BrN2O2. The van der Waals surface area contributed by atoms with E-state index < -0.39 is 0 Å². The fraction of sp³-hybridized carbons (Fsp3) is 0.400. The molecule has 2 aromatic carbocycles. The van der Waals surface area contributed by atoms with Crippen molar-refractivity contribution in [3.05, 3.63) is 58.1 Å². The van der Waals surface area contributed by atoms with Crippen LogP contribution in [-0.2, 0) is 13.2 Å². The van der Waals surface area contributed by atoms with Crippen LogP contribution < -0.4 is 14.8 Å². The van der Waals surface area contributed by atoms with E-state index >= 15 is 0 Å². The minimum atomic E-state index is 0.520. The number of hydrogen-bond donors (Lipinski definition) is 1. The highest BCUT2D eigenvalue weighted by atomic mass is 79.9. The summed E-state index contributed by atoms with van der Waals surface area (Å²) in [4.78, 5) is 2.19. The number of methoxy groups -OCH3 is 1. The first kappa shape index (κ1) is 19.8. The van der Waals surface area contributed by atoms with Gasteiger partial charge >= 0.3 is 0 Å². The van der Waals surface area contributed by atoms with Crippen molar-refractivity contribution in [1.82, 2.24) is 10.2 Å².